The molecule has 1 saturated heterocycles. The summed E-state index contributed by atoms with van der Waals surface area (Å²) >= 11 is 0. The SMILES string of the molecule is C[C@H]1CCCCN1c1nnc2ccc(O[C@@H]3CCC(NC(=O)Nc4cc(C(C)(C)C)nn4-c4ccc(C#N)c(OCCOS(C)(=O)=O)c4)c4ccccc43)cn12. The highest BCUT2D eigenvalue weighted by Crippen LogP contribution is 2.39. The van der Waals surface area contributed by atoms with Crippen LogP contribution in [0.2, 0.25) is 0 Å². The minimum Gasteiger partial charge on any atom is -0.490 e. The van der Waals surface area contributed by atoms with E-state index in [0.29, 0.717) is 36.1 Å². The summed E-state index contributed by atoms with van der Waals surface area (Å²) in [5.74, 6) is 2.18. The number of fused-ring (bicyclic) bond motifs is 2. The van der Waals surface area contributed by atoms with Crippen LogP contribution in [0.15, 0.2) is 66.9 Å². The monoisotopic (exact) mass is 781 g/mol. The van der Waals surface area contributed by atoms with Crippen molar-refractivity contribution in [3.63, 3.8) is 0 Å². The van der Waals surface area contributed by atoms with E-state index in [1.54, 1.807) is 22.9 Å². The number of hydrogen-bond acceptors (Lipinski definition) is 11. The molecule has 2 amide bonds. The zero-order valence-electron chi connectivity index (χ0n) is 32.2. The lowest BCUT2D eigenvalue weighted by Crippen LogP contribution is -2.38. The first-order valence-electron chi connectivity index (χ1n) is 18.8. The molecule has 15 nitrogen and oxygen atoms in total. The number of piperidine rings is 1. The van der Waals surface area contributed by atoms with Gasteiger partial charge in [0, 0.05) is 30.1 Å². The Hall–Kier alpha value is -5.66. The Morgan fingerprint density at radius 3 is 2.55 bits per heavy atom. The number of benzene rings is 2. The lowest BCUT2D eigenvalue weighted by atomic mass is 9.85. The van der Waals surface area contributed by atoms with Gasteiger partial charge in [0.1, 0.15) is 42.7 Å². The van der Waals surface area contributed by atoms with Crippen LogP contribution < -0.4 is 25.0 Å². The Morgan fingerprint density at radius 1 is 1.00 bits per heavy atom. The second-order valence-electron chi connectivity index (χ2n) is 15.3. The summed E-state index contributed by atoms with van der Waals surface area (Å²) in [6, 6.07) is 20.4. The van der Waals surface area contributed by atoms with Crippen LogP contribution >= 0.6 is 0 Å². The van der Waals surface area contributed by atoms with E-state index in [2.05, 4.69) is 38.7 Å². The van der Waals surface area contributed by atoms with E-state index in [9.17, 15) is 18.5 Å². The summed E-state index contributed by atoms with van der Waals surface area (Å²) in [6.45, 7) is 8.93. The van der Waals surface area contributed by atoms with Crippen LogP contribution in [0.25, 0.3) is 11.3 Å². The van der Waals surface area contributed by atoms with Crippen LogP contribution in [0.5, 0.6) is 11.5 Å². The Bertz CT molecular complexity index is 2380. The number of carbonyl (C=O) groups is 1. The number of urea groups is 1. The van der Waals surface area contributed by atoms with Crippen LogP contribution in [0, 0.1) is 11.3 Å². The first-order valence-corrected chi connectivity index (χ1v) is 20.7. The number of rotatable bonds is 11. The number of nitrogens with one attached hydrogen (secondary N) is 2. The number of hydrogen-bond donors (Lipinski definition) is 2. The topological polar surface area (TPSA) is 178 Å². The molecule has 4 heterocycles. The maximum Gasteiger partial charge on any atom is 0.320 e. The van der Waals surface area contributed by atoms with E-state index in [1.165, 1.54) is 6.42 Å². The quantitative estimate of drug-likeness (QED) is 0.109. The molecule has 3 aromatic heterocycles. The van der Waals surface area contributed by atoms with Gasteiger partial charge in [-0.3, -0.25) is 13.9 Å². The van der Waals surface area contributed by atoms with E-state index in [-0.39, 0.29) is 42.1 Å². The molecule has 56 heavy (non-hydrogen) atoms. The highest BCUT2D eigenvalue weighted by atomic mass is 32.2. The molecule has 294 valence electrons. The maximum atomic E-state index is 13.8. The van der Waals surface area contributed by atoms with Gasteiger partial charge in [-0.25, -0.2) is 9.48 Å². The molecule has 1 fully saturated rings. The molecule has 5 aromatic rings. The van der Waals surface area contributed by atoms with E-state index >= 15 is 0 Å². The highest BCUT2D eigenvalue weighted by molar-refractivity contribution is 7.85. The number of nitriles is 1. The van der Waals surface area contributed by atoms with Gasteiger partial charge in [-0.15, -0.1) is 10.2 Å². The molecule has 0 spiro atoms. The second kappa shape index (κ2) is 15.8. The largest absolute Gasteiger partial charge is 0.490 e. The third-order valence-corrected chi connectivity index (χ3v) is 10.7. The van der Waals surface area contributed by atoms with Gasteiger partial charge < -0.3 is 19.7 Å². The second-order valence-corrected chi connectivity index (χ2v) is 17.0. The molecule has 0 saturated carbocycles. The fraction of sp³-hybridized carbons (Fsp3) is 0.425. The lowest BCUT2D eigenvalue weighted by Gasteiger charge is -2.33. The van der Waals surface area contributed by atoms with Gasteiger partial charge in [-0.05, 0) is 74.4 Å². The molecule has 1 unspecified atom stereocenters. The fourth-order valence-electron chi connectivity index (χ4n) is 7.24. The molecule has 3 atom stereocenters. The highest BCUT2D eigenvalue weighted by Gasteiger charge is 2.31. The molecule has 2 aliphatic rings. The Kier molecular flexibility index (Phi) is 10.9. The third-order valence-electron chi connectivity index (χ3n) is 10.1. The molecule has 1 aliphatic heterocycles. The lowest BCUT2D eigenvalue weighted by molar-refractivity contribution is 0.171. The van der Waals surface area contributed by atoms with Crippen molar-refractivity contribution in [3.05, 3.63) is 89.2 Å². The molecular weight excluding hydrogens is 735 g/mol. The molecule has 0 bridgehead atoms. The summed E-state index contributed by atoms with van der Waals surface area (Å²) in [4.78, 5) is 16.1. The van der Waals surface area contributed by atoms with Gasteiger partial charge in [-0.2, -0.15) is 18.8 Å². The van der Waals surface area contributed by atoms with E-state index < -0.39 is 16.1 Å². The predicted octanol–water partition coefficient (Wildman–Crippen LogP) is 6.59. The van der Waals surface area contributed by atoms with Crippen molar-refractivity contribution in [1.29, 1.82) is 5.26 Å². The summed E-state index contributed by atoms with van der Waals surface area (Å²) in [6.07, 6.45) is 7.49. The van der Waals surface area contributed by atoms with Crippen molar-refractivity contribution < 1.29 is 26.9 Å². The van der Waals surface area contributed by atoms with Crippen molar-refractivity contribution in [2.45, 2.75) is 83.4 Å². The van der Waals surface area contributed by atoms with Gasteiger partial charge in [0.25, 0.3) is 10.1 Å². The minimum absolute atomic E-state index is 0.101. The summed E-state index contributed by atoms with van der Waals surface area (Å²) < 4.78 is 43.5. The van der Waals surface area contributed by atoms with Crippen molar-refractivity contribution >= 4 is 33.6 Å². The number of aromatic nitrogens is 5. The number of amides is 2. The van der Waals surface area contributed by atoms with Gasteiger partial charge in [0.05, 0.1) is 35.4 Å². The molecule has 0 radical (unpaired) electrons. The molecular formula is C40H47N9O6S. The van der Waals surface area contributed by atoms with Crippen LogP contribution in [0.1, 0.15) is 94.3 Å². The molecule has 1 aliphatic carbocycles. The van der Waals surface area contributed by atoms with Gasteiger partial charge >= 0.3 is 6.03 Å². The van der Waals surface area contributed by atoms with Crippen LogP contribution in [0.4, 0.5) is 16.6 Å². The third kappa shape index (κ3) is 8.58. The zero-order chi connectivity index (χ0) is 39.6. The molecule has 7 rings (SSSR count). The average molecular weight is 782 g/mol. The number of anilines is 2. The molecule has 2 aromatic carbocycles. The van der Waals surface area contributed by atoms with Gasteiger partial charge in [0.2, 0.25) is 5.95 Å². The van der Waals surface area contributed by atoms with Crippen LogP contribution in [0.3, 0.4) is 0 Å². The Labute approximate surface area is 326 Å². The smallest absolute Gasteiger partial charge is 0.320 e. The number of carbonyl (C=O) groups excluding carboxylic acids is 1. The normalized spacial score (nSPS) is 18.6. The first kappa shape index (κ1) is 38.6. The molecule has 2 N–H and O–H groups in total. The average Bonchev–Trinajstić information content (AvgIpc) is 3.79. The van der Waals surface area contributed by atoms with Gasteiger partial charge in [0.15, 0.2) is 5.65 Å². The van der Waals surface area contributed by atoms with Gasteiger partial charge in [-0.1, -0.05) is 45.0 Å². The van der Waals surface area contributed by atoms with E-state index in [0.717, 1.165) is 54.1 Å². The minimum atomic E-state index is -3.65. The zero-order valence-corrected chi connectivity index (χ0v) is 33.0. The predicted molar refractivity (Wildman–Crippen MR) is 211 cm³/mol. The van der Waals surface area contributed by atoms with Crippen LogP contribution in [-0.4, -0.2) is 70.9 Å². The Morgan fingerprint density at radius 2 is 1.80 bits per heavy atom. The fourth-order valence-corrected chi connectivity index (χ4v) is 7.61. The molecule has 16 heteroatoms. The standard InChI is InChI=1S/C40H47N9O6S/c1-26-10-8-9-19-47(26)39-45-44-36-18-15-29(25-48(36)39)55-33-17-16-32(30-11-6-7-12-31(30)33)42-38(50)43-37-23-35(40(2,3)4)46-49(37)28-14-13-27(24-41)34(22-28)53-20-21-54-56(5,51)52/h6-7,11-15,18,22-23,25-26,32-33H,8-10,16-17,19-21H2,1-5H3,(H2,42,43,50)/t26-,32?,33+/m0/s1. The summed E-state index contributed by atoms with van der Waals surface area (Å²) in [7, 11) is -3.65. The summed E-state index contributed by atoms with van der Waals surface area (Å²) in [5, 5.41) is 29.6. The number of ether oxygens (including phenoxy) is 2. The summed E-state index contributed by atoms with van der Waals surface area (Å²) in [5.41, 5.74) is 3.90. The number of nitrogens with zero attached hydrogens (tertiary/aromatic N) is 7. The first-order chi connectivity index (χ1) is 26.8. The Balaban J connectivity index is 1.08. The van der Waals surface area contributed by atoms with Crippen molar-refractivity contribution in [2.75, 3.05) is 36.2 Å². The van der Waals surface area contributed by atoms with Crippen LogP contribution in [-0.2, 0) is 19.7 Å². The number of pyridine rings is 1. The maximum absolute atomic E-state index is 13.8. The van der Waals surface area contributed by atoms with Crippen molar-refractivity contribution in [1.82, 2.24) is 29.7 Å². The van der Waals surface area contributed by atoms with Crippen molar-refractivity contribution in [2.24, 2.45) is 0 Å². The van der Waals surface area contributed by atoms with E-state index in [4.69, 9.17) is 18.8 Å². The van der Waals surface area contributed by atoms with E-state index in [1.807, 2.05) is 73.8 Å². The van der Waals surface area contributed by atoms with Crippen molar-refractivity contribution in [3.8, 4) is 23.3 Å².